The number of pyridine rings is 2. The zero-order valence-electron chi connectivity index (χ0n) is 11.4. The Hall–Kier alpha value is -1.78. The number of alkyl halides is 2. The van der Waals surface area contributed by atoms with Gasteiger partial charge in [0.25, 0.3) is 5.56 Å². The first kappa shape index (κ1) is 13.2. The maximum atomic E-state index is 12.9. The van der Waals surface area contributed by atoms with Crippen molar-refractivity contribution >= 4 is 11.0 Å². The van der Waals surface area contributed by atoms with Crippen molar-refractivity contribution in [3.05, 3.63) is 39.8 Å². The summed E-state index contributed by atoms with van der Waals surface area (Å²) < 4.78 is 25.9. The molecule has 3 nitrogen and oxygen atoms in total. The van der Waals surface area contributed by atoms with Crippen LogP contribution in [0.2, 0.25) is 0 Å². The summed E-state index contributed by atoms with van der Waals surface area (Å²) in [6.45, 7) is 4.09. The first-order valence-electron chi connectivity index (χ1n) is 6.76. The molecule has 0 radical (unpaired) electrons. The van der Waals surface area contributed by atoms with E-state index in [4.69, 9.17) is 0 Å². The Kier molecular flexibility index (Phi) is 2.88. The van der Waals surface area contributed by atoms with Gasteiger partial charge >= 0.3 is 0 Å². The molecule has 0 amide bonds. The summed E-state index contributed by atoms with van der Waals surface area (Å²) >= 11 is 0. The molecule has 5 heteroatoms. The Morgan fingerprint density at radius 3 is 2.65 bits per heavy atom. The number of fused-ring (bicyclic) bond motifs is 1. The van der Waals surface area contributed by atoms with Crippen LogP contribution < -0.4 is 5.56 Å². The summed E-state index contributed by atoms with van der Waals surface area (Å²) in [6, 6.07) is 3.55. The number of nitrogens with zero attached hydrogens (tertiary/aromatic N) is 1. The lowest BCUT2D eigenvalue weighted by Crippen LogP contribution is -2.36. The Labute approximate surface area is 115 Å². The quantitative estimate of drug-likeness (QED) is 0.913. The summed E-state index contributed by atoms with van der Waals surface area (Å²) in [5.74, 6) is -2.66. The summed E-state index contributed by atoms with van der Waals surface area (Å²) in [7, 11) is 0. The van der Waals surface area contributed by atoms with Crippen LogP contribution in [0.15, 0.2) is 23.1 Å². The number of hydrogen-bond donors (Lipinski definition) is 1. The molecule has 1 aliphatic carbocycles. The number of halogens is 2. The smallest absolute Gasteiger partial charge is 0.252 e. The molecule has 0 saturated heterocycles. The van der Waals surface area contributed by atoms with Crippen molar-refractivity contribution < 1.29 is 8.78 Å². The van der Waals surface area contributed by atoms with Crippen LogP contribution in [0, 0.1) is 0 Å². The maximum Gasteiger partial charge on any atom is 0.252 e. The minimum atomic E-state index is -2.62. The van der Waals surface area contributed by atoms with Gasteiger partial charge in [-0.05, 0) is 23.6 Å². The molecule has 20 heavy (non-hydrogen) atoms. The fourth-order valence-electron chi connectivity index (χ4n) is 2.61. The second-order valence-corrected chi connectivity index (χ2v) is 5.87. The molecule has 0 aliphatic heterocycles. The lowest BCUT2D eigenvalue weighted by Gasteiger charge is -2.34. The predicted molar refractivity (Wildman–Crippen MR) is 73.4 cm³/mol. The molecule has 0 atom stereocenters. The zero-order valence-corrected chi connectivity index (χ0v) is 11.4. The first-order valence-corrected chi connectivity index (χ1v) is 6.76. The number of hydrogen-bond acceptors (Lipinski definition) is 2. The molecule has 1 saturated carbocycles. The van der Waals surface area contributed by atoms with Crippen molar-refractivity contribution in [1.82, 2.24) is 9.97 Å². The molecule has 1 aliphatic rings. The highest BCUT2D eigenvalue weighted by atomic mass is 19.3. The third kappa shape index (κ3) is 2.21. The van der Waals surface area contributed by atoms with Gasteiger partial charge in [-0.3, -0.25) is 9.78 Å². The third-order valence-corrected chi connectivity index (χ3v) is 3.94. The van der Waals surface area contributed by atoms with Gasteiger partial charge in [0.1, 0.15) is 0 Å². The molecule has 106 valence electrons. The molecule has 3 rings (SSSR count). The summed E-state index contributed by atoms with van der Waals surface area (Å²) in [5.41, 5.74) is 2.50. The van der Waals surface area contributed by atoms with Crippen LogP contribution in [0.5, 0.6) is 0 Å². The first-order chi connectivity index (χ1) is 9.35. The molecule has 2 aromatic heterocycles. The predicted octanol–water partition coefficient (Wildman–Crippen LogP) is 3.56. The number of H-pyrrole nitrogens is 1. The van der Waals surface area contributed by atoms with Crippen LogP contribution in [0.4, 0.5) is 8.78 Å². The average molecular weight is 278 g/mol. The number of aromatic amines is 1. The van der Waals surface area contributed by atoms with Gasteiger partial charge in [0.15, 0.2) is 0 Å². The van der Waals surface area contributed by atoms with Crippen LogP contribution in [-0.2, 0) is 0 Å². The van der Waals surface area contributed by atoms with Gasteiger partial charge in [0.05, 0.1) is 11.0 Å². The summed E-state index contributed by atoms with van der Waals surface area (Å²) in [6.07, 6.45) is 1.28. The van der Waals surface area contributed by atoms with Crippen molar-refractivity contribution in [3.63, 3.8) is 0 Å². The van der Waals surface area contributed by atoms with Gasteiger partial charge in [-0.1, -0.05) is 13.8 Å². The van der Waals surface area contributed by atoms with Crippen molar-refractivity contribution in [2.45, 2.75) is 44.4 Å². The maximum absolute atomic E-state index is 12.9. The van der Waals surface area contributed by atoms with E-state index in [1.54, 1.807) is 12.3 Å². The Bertz CT molecular complexity index is 713. The lowest BCUT2D eigenvalue weighted by atomic mass is 9.77. The molecule has 0 unspecified atom stereocenters. The van der Waals surface area contributed by atoms with E-state index in [-0.39, 0.29) is 24.3 Å². The minimum Gasteiger partial charge on any atom is -0.320 e. The van der Waals surface area contributed by atoms with Crippen LogP contribution in [0.25, 0.3) is 11.0 Å². The van der Waals surface area contributed by atoms with Gasteiger partial charge in [0, 0.05) is 30.5 Å². The second kappa shape index (κ2) is 4.36. The molecule has 0 aromatic carbocycles. The van der Waals surface area contributed by atoms with E-state index in [1.807, 2.05) is 19.9 Å². The van der Waals surface area contributed by atoms with E-state index < -0.39 is 5.92 Å². The minimum absolute atomic E-state index is 0.244. The molecule has 2 aromatic rings. The van der Waals surface area contributed by atoms with Crippen molar-refractivity contribution in [3.8, 4) is 0 Å². The fraction of sp³-hybridized carbons (Fsp3) is 0.467. The Balaban J connectivity index is 2.03. The number of aromatic nitrogens is 2. The van der Waals surface area contributed by atoms with E-state index >= 15 is 0 Å². The highest BCUT2D eigenvalue weighted by molar-refractivity contribution is 5.75. The van der Waals surface area contributed by atoms with E-state index in [0.29, 0.717) is 22.5 Å². The topological polar surface area (TPSA) is 45.8 Å². The molecular formula is C15H16F2N2O. The summed E-state index contributed by atoms with van der Waals surface area (Å²) in [4.78, 5) is 19.1. The molecule has 2 heterocycles. The van der Waals surface area contributed by atoms with Crippen molar-refractivity contribution in [1.29, 1.82) is 0 Å². The van der Waals surface area contributed by atoms with Gasteiger partial charge in [-0.2, -0.15) is 0 Å². The van der Waals surface area contributed by atoms with Crippen molar-refractivity contribution in [2.24, 2.45) is 0 Å². The van der Waals surface area contributed by atoms with Crippen LogP contribution in [0.3, 0.4) is 0 Å². The molecule has 1 fully saturated rings. The van der Waals surface area contributed by atoms with Crippen LogP contribution in [0.1, 0.15) is 49.7 Å². The van der Waals surface area contributed by atoms with E-state index in [0.717, 1.165) is 5.56 Å². The standard InChI is InChI=1S/C15H16F2N2O/c1-8(2)9-3-13-12(18-7-9)4-11(14(20)19-13)10-5-15(16,17)6-10/h3-4,7-8,10H,5-6H2,1-2H3,(H,19,20). The van der Waals surface area contributed by atoms with Gasteiger partial charge in [0.2, 0.25) is 5.92 Å². The highest BCUT2D eigenvalue weighted by Crippen LogP contribution is 2.47. The van der Waals surface area contributed by atoms with Gasteiger partial charge in [-0.15, -0.1) is 0 Å². The monoisotopic (exact) mass is 278 g/mol. The lowest BCUT2D eigenvalue weighted by molar-refractivity contribution is -0.0869. The highest BCUT2D eigenvalue weighted by Gasteiger charge is 2.46. The zero-order chi connectivity index (χ0) is 14.5. The molecule has 1 N–H and O–H groups in total. The largest absolute Gasteiger partial charge is 0.320 e. The summed E-state index contributed by atoms with van der Waals surface area (Å²) in [5, 5.41) is 0. The van der Waals surface area contributed by atoms with Gasteiger partial charge < -0.3 is 4.98 Å². The molecular weight excluding hydrogens is 262 g/mol. The molecule has 0 spiro atoms. The normalized spacial score (nSPS) is 18.4. The number of nitrogens with one attached hydrogen (secondary N) is 1. The Morgan fingerprint density at radius 1 is 1.35 bits per heavy atom. The SMILES string of the molecule is CC(C)c1cnc2cc(C3CC(F)(F)C3)c(=O)[nH]c2c1. The Morgan fingerprint density at radius 2 is 2.05 bits per heavy atom. The van der Waals surface area contributed by atoms with E-state index in [2.05, 4.69) is 9.97 Å². The second-order valence-electron chi connectivity index (χ2n) is 5.87. The fourth-order valence-corrected chi connectivity index (χ4v) is 2.61. The van der Waals surface area contributed by atoms with Crippen molar-refractivity contribution in [2.75, 3.05) is 0 Å². The van der Waals surface area contributed by atoms with E-state index in [1.165, 1.54) is 0 Å². The van der Waals surface area contributed by atoms with Crippen LogP contribution >= 0.6 is 0 Å². The van der Waals surface area contributed by atoms with Gasteiger partial charge in [-0.25, -0.2) is 8.78 Å². The third-order valence-electron chi connectivity index (χ3n) is 3.94. The van der Waals surface area contributed by atoms with E-state index in [9.17, 15) is 13.6 Å². The average Bonchev–Trinajstić information content (AvgIpc) is 2.34. The molecule has 0 bridgehead atoms. The van der Waals surface area contributed by atoms with Crippen LogP contribution in [-0.4, -0.2) is 15.9 Å². The number of rotatable bonds is 2.